The molecule has 5 rings (SSSR count). The number of allylic oxidation sites excluding steroid dienone is 1. The topological polar surface area (TPSA) is 34.1 Å². The number of halogens is 1. The van der Waals surface area contributed by atoms with Crippen molar-refractivity contribution in [1.82, 2.24) is 0 Å². The zero-order valence-corrected chi connectivity index (χ0v) is 14.7. The molecule has 0 amide bonds. The first-order valence-corrected chi connectivity index (χ1v) is 9.74. The highest BCUT2D eigenvalue weighted by Crippen LogP contribution is 2.71. The summed E-state index contributed by atoms with van der Waals surface area (Å²) in [5.41, 5.74) is 1.25. The highest BCUT2D eigenvalue weighted by atomic mass is 35.5. The highest BCUT2D eigenvalue weighted by molar-refractivity contribution is 6.23. The van der Waals surface area contributed by atoms with Gasteiger partial charge in [-0.3, -0.25) is 9.59 Å². The standard InChI is InChI=1S/C20H25ClO2/c1-19-6-5-13-10(12(19)3-4-18(19)23)8-16(21)15-9-17(22)11-7-14(11)20(13,15)2/h9-14,16H,3-8H2,1-2H3/t10-,11-,12-,13-,14?,16-,19-,20-/m0/s1. The van der Waals surface area contributed by atoms with E-state index < -0.39 is 0 Å². The zero-order chi connectivity index (χ0) is 16.1. The van der Waals surface area contributed by atoms with Crippen molar-refractivity contribution in [3.8, 4) is 0 Å². The van der Waals surface area contributed by atoms with E-state index in [0.29, 0.717) is 35.2 Å². The number of carbonyl (C=O) groups is 2. The van der Waals surface area contributed by atoms with E-state index in [4.69, 9.17) is 11.6 Å². The lowest BCUT2D eigenvalue weighted by atomic mass is 9.47. The molecule has 0 spiro atoms. The van der Waals surface area contributed by atoms with E-state index in [0.717, 1.165) is 38.5 Å². The van der Waals surface area contributed by atoms with E-state index >= 15 is 0 Å². The quantitative estimate of drug-likeness (QED) is 0.624. The SMILES string of the molecule is C[C@]12CC[C@H]3[C@@H](C[C@H](Cl)C4=CC(=O)[C@H]5CC5[C@@]43C)[C@@H]1CCC2=O. The second-order valence-corrected chi connectivity index (χ2v) is 9.76. The monoisotopic (exact) mass is 332 g/mol. The number of ketones is 2. The molecule has 0 aliphatic heterocycles. The number of hydrogen-bond donors (Lipinski definition) is 0. The van der Waals surface area contributed by atoms with E-state index in [-0.39, 0.29) is 22.1 Å². The van der Waals surface area contributed by atoms with Crippen LogP contribution in [-0.4, -0.2) is 16.9 Å². The van der Waals surface area contributed by atoms with Gasteiger partial charge in [0.1, 0.15) is 5.78 Å². The summed E-state index contributed by atoms with van der Waals surface area (Å²) in [6.45, 7) is 4.60. The Bertz CT molecular complexity index is 652. The van der Waals surface area contributed by atoms with Gasteiger partial charge in [0, 0.05) is 17.8 Å². The summed E-state index contributed by atoms with van der Waals surface area (Å²) >= 11 is 6.82. The minimum absolute atomic E-state index is 0.00944. The predicted molar refractivity (Wildman–Crippen MR) is 89.1 cm³/mol. The van der Waals surface area contributed by atoms with Gasteiger partial charge in [0.2, 0.25) is 0 Å². The van der Waals surface area contributed by atoms with Crippen molar-refractivity contribution in [3.63, 3.8) is 0 Å². The average molecular weight is 333 g/mol. The van der Waals surface area contributed by atoms with Gasteiger partial charge in [0.15, 0.2) is 5.78 Å². The van der Waals surface area contributed by atoms with Gasteiger partial charge < -0.3 is 0 Å². The van der Waals surface area contributed by atoms with Crippen molar-refractivity contribution in [2.45, 2.75) is 57.7 Å². The van der Waals surface area contributed by atoms with Crippen molar-refractivity contribution in [1.29, 1.82) is 0 Å². The number of alkyl halides is 1. The molecule has 0 N–H and O–H groups in total. The van der Waals surface area contributed by atoms with Gasteiger partial charge in [-0.15, -0.1) is 11.6 Å². The second kappa shape index (κ2) is 4.31. The molecule has 1 unspecified atom stereocenters. The molecular formula is C20H25ClO2. The normalized spacial score (nSPS) is 57.1. The molecule has 0 aromatic rings. The molecule has 23 heavy (non-hydrogen) atoms. The number of Topliss-reactive ketones (excluding diaryl/α,β-unsaturated/α-hetero) is 1. The molecule has 0 radical (unpaired) electrons. The minimum atomic E-state index is -0.0945. The summed E-state index contributed by atoms with van der Waals surface area (Å²) in [6.07, 6.45) is 7.94. The van der Waals surface area contributed by atoms with Crippen LogP contribution in [0.15, 0.2) is 11.6 Å². The number of carbonyl (C=O) groups excluding carboxylic acids is 2. The van der Waals surface area contributed by atoms with Gasteiger partial charge in [-0.2, -0.15) is 0 Å². The zero-order valence-electron chi connectivity index (χ0n) is 14.0. The summed E-state index contributed by atoms with van der Waals surface area (Å²) in [4.78, 5) is 24.7. The average Bonchev–Trinajstić information content (AvgIpc) is 3.26. The van der Waals surface area contributed by atoms with Gasteiger partial charge in [0.25, 0.3) is 0 Å². The van der Waals surface area contributed by atoms with Crippen molar-refractivity contribution >= 4 is 23.2 Å². The fraction of sp³-hybridized carbons (Fsp3) is 0.800. The summed E-state index contributed by atoms with van der Waals surface area (Å²) < 4.78 is 0. The van der Waals surface area contributed by atoms with Crippen LogP contribution in [0, 0.1) is 40.4 Å². The van der Waals surface area contributed by atoms with E-state index in [1.54, 1.807) is 0 Å². The third-order valence-electron chi connectivity index (χ3n) is 8.58. The van der Waals surface area contributed by atoms with E-state index in [1.807, 2.05) is 6.08 Å². The van der Waals surface area contributed by atoms with Crippen LogP contribution < -0.4 is 0 Å². The maximum atomic E-state index is 12.5. The molecular weight excluding hydrogens is 308 g/mol. The van der Waals surface area contributed by atoms with Crippen molar-refractivity contribution in [2.24, 2.45) is 40.4 Å². The maximum Gasteiger partial charge on any atom is 0.159 e. The number of hydrogen-bond acceptors (Lipinski definition) is 2. The van der Waals surface area contributed by atoms with Crippen molar-refractivity contribution in [2.75, 3.05) is 0 Å². The Morgan fingerprint density at radius 1 is 1.09 bits per heavy atom. The lowest BCUT2D eigenvalue weighted by Crippen LogP contribution is -2.54. The molecule has 0 heterocycles. The first-order valence-electron chi connectivity index (χ1n) is 9.30. The Labute approximate surface area is 143 Å². The Kier molecular flexibility index (Phi) is 2.75. The van der Waals surface area contributed by atoms with Gasteiger partial charge in [-0.1, -0.05) is 13.8 Å². The van der Waals surface area contributed by atoms with E-state index in [9.17, 15) is 9.59 Å². The third kappa shape index (κ3) is 1.62. The number of rotatable bonds is 0. The molecule has 5 aliphatic rings. The largest absolute Gasteiger partial charge is 0.299 e. The summed E-state index contributed by atoms with van der Waals surface area (Å²) in [6, 6.07) is 0. The third-order valence-corrected chi connectivity index (χ3v) is 8.99. The Morgan fingerprint density at radius 3 is 2.65 bits per heavy atom. The molecule has 5 aliphatic carbocycles. The lowest BCUT2D eigenvalue weighted by molar-refractivity contribution is -0.132. The van der Waals surface area contributed by atoms with Crippen LogP contribution in [0.1, 0.15) is 52.4 Å². The van der Waals surface area contributed by atoms with Crippen LogP contribution in [0.3, 0.4) is 0 Å². The first kappa shape index (κ1) is 14.7. The van der Waals surface area contributed by atoms with Crippen LogP contribution in [0.4, 0.5) is 0 Å². The fourth-order valence-electron chi connectivity index (χ4n) is 7.22. The number of fused-ring (bicyclic) bond motifs is 7. The Hall–Kier alpha value is -0.630. The van der Waals surface area contributed by atoms with Gasteiger partial charge in [0.05, 0.1) is 5.38 Å². The summed E-state index contributed by atoms with van der Waals surface area (Å²) in [7, 11) is 0. The lowest BCUT2D eigenvalue weighted by Gasteiger charge is -2.58. The highest BCUT2D eigenvalue weighted by Gasteiger charge is 2.67. The molecule has 3 heteroatoms. The molecule has 8 atom stereocenters. The predicted octanol–water partition coefficient (Wildman–Crippen LogP) is 4.16. The molecule has 0 saturated heterocycles. The smallest absolute Gasteiger partial charge is 0.159 e. The van der Waals surface area contributed by atoms with Crippen LogP contribution in [-0.2, 0) is 9.59 Å². The Balaban J connectivity index is 1.59. The first-order chi connectivity index (χ1) is 10.9. The molecule has 124 valence electrons. The van der Waals surface area contributed by atoms with Crippen LogP contribution >= 0.6 is 11.6 Å². The molecule has 4 saturated carbocycles. The molecule has 2 nitrogen and oxygen atoms in total. The maximum absolute atomic E-state index is 12.5. The van der Waals surface area contributed by atoms with E-state index in [1.165, 1.54) is 5.57 Å². The molecule has 0 aromatic heterocycles. The van der Waals surface area contributed by atoms with E-state index in [2.05, 4.69) is 13.8 Å². The summed E-state index contributed by atoms with van der Waals surface area (Å²) in [5.74, 6) is 3.30. The van der Waals surface area contributed by atoms with Crippen molar-refractivity contribution < 1.29 is 9.59 Å². The fourth-order valence-corrected chi connectivity index (χ4v) is 7.72. The van der Waals surface area contributed by atoms with Gasteiger partial charge in [-0.05, 0) is 72.8 Å². The second-order valence-electron chi connectivity index (χ2n) is 9.23. The van der Waals surface area contributed by atoms with Gasteiger partial charge in [-0.25, -0.2) is 0 Å². The molecule has 0 aromatic carbocycles. The molecule has 0 bridgehead atoms. The van der Waals surface area contributed by atoms with Crippen LogP contribution in [0.2, 0.25) is 0 Å². The van der Waals surface area contributed by atoms with Crippen LogP contribution in [0.5, 0.6) is 0 Å². The Morgan fingerprint density at radius 2 is 1.87 bits per heavy atom. The van der Waals surface area contributed by atoms with Gasteiger partial charge >= 0.3 is 0 Å². The minimum Gasteiger partial charge on any atom is -0.299 e. The molecule has 4 fully saturated rings. The van der Waals surface area contributed by atoms with Crippen molar-refractivity contribution in [3.05, 3.63) is 11.6 Å². The van der Waals surface area contributed by atoms with Crippen LogP contribution in [0.25, 0.3) is 0 Å². The summed E-state index contributed by atoms with van der Waals surface area (Å²) in [5, 5.41) is -0.00944.